The van der Waals surface area contributed by atoms with Crippen LogP contribution in [0.1, 0.15) is 24.3 Å². The topological polar surface area (TPSA) is 99.2 Å². The molecule has 1 aromatic rings. The molecule has 1 heterocycles. The molecule has 0 aliphatic heterocycles. The van der Waals surface area contributed by atoms with Gasteiger partial charge in [0.15, 0.2) is 5.69 Å². The fraction of sp³-hybridized carbons (Fsp3) is 0.545. The van der Waals surface area contributed by atoms with E-state index in [1.165, 1.54) is 18.0 Å². The first-order valence-corrected chi connectivity index (χ1v) is 5.62. The maximum atomic E-state index is 11.5. The number of anilines is 1. The second-order valence-corrected chi connectivity index (χ2v) is 4.32. The molecule has 1 rings (SSSR count). The number of nitrogens with one attached hydrogen (secondary N) is 1. The molecule has 3 N–H and O–H groups in total. The number of hydrogen-bond donors (Lipinski definition) is 2. The molecule has 0 bridgehead atoms. The van der Waals surface area contributed by atoms with Crippen LogP contribution in [0.5, 0.6) is 0 Å². The predicted molar refractivity (Wildman–Crippen MR) is 65.8 cm³/mol. The number of aromatic nitrogens is 2. The van der Waals surface area contributed by atoms with Gasteiger partial charge in [0.05, 0.1) is 12.8 Å². The number of esters is 1. The molecule has 0 unspecified atom stereocenters. The van der Waals surface area contributed by atoms with E-state index >= 15 is 0 Å². The summed E-state index contributed by atoms with van der Waals surface area (Å²) in [7, 11) is 1.25. The number of amides is 1. The number of methoxy groups -OCH3 is 1. The van der Waals surface area contributed by atoms with Gasteiger partial charge < -0.3 is 15.8 Å². The Kier molecular flexibility index (Phi) is 4.70. The molecule has 0 aliphatic carbocycles. The molecular formula is C11H18N4O3. The van der Waals surface area contributed by atoms with Crippen molar-refractivity contribution in [2.45, 2.75) is 20.4 Å². The monoisotopic (exact) mass is 254 g/mol. The van der Waals surface area contributed by atoms with Crippen LogP contribution in [0.3, 0.4) is 0 Å². The van der Waals surface area contributed by atoms with Gasteiger partial charge in [-0.05, 0) is 5.92 Å². The lowest BCUT2D eigenvalue weighted by Gasteiger charge is -2.07. The Morgan fingerprint density at radius 2 is 2.22 bits per heavy atom. The van der Waals surface area contributed by atoms with Crippen LogP contribution >= 0.6 is 0 Å². The molecule has 0 aromatic carbocycles. The van der Waals surface area contributed by atoms with Gasteiger partial charge in [-0.3, -0.25) is 9.48 Å². The normalized spacial score (nSPS) is 10.4. The smallest absolute Gasteiger partial charge is 0.360 e. The SMILES string of the molecule is COC(=O)c1nn(CC(=O)NCC(C)C)cc1N. The van der Waals surface area contributed by atoms with Crippen LogP contribution in [0.2, 0.25) is 0 Å². The molecule has 1 amide bonds. The first-order valence-electron chi connectivity index (χ1n) is 5.62. The highest BCUT2D eigenvalue weighted by Crippen LogP contribution is 2.09. The maximum Gasteiger partial charge on any atom is 0.360 e. The summed E-state index contributed by atoms with van der Waals surface area (Å²) in [5, 5.41) is 6.65. The van der Waals surface area contributed by atoms with Crippen molar-refractivity contribution in [1.82, 2.24) is 15.1 Å². The summed E-state index contributed by atoms with van der Waals surface area (Å²) >= 11 is 0. The average molecular weight is 254 g/mol. The minimum absolute atomic E-state index is 0.0217. The number of hydrogen-bond acceptors (Lipinski definition) is 5. The van der Waals surface area contributed by atoms with E-state index in [1.54, 1.807) is 0 Å². The molecule has 100 valence electrons. The Labute approximate surface area is 105 Å². The first-order chi connectivity index (χ1) is 8.43. The summed E-state index contributed by atoms with van der Waals surface area (Å²) in [6.07, 6.45) is 1.43. The largest absolute Gasteiger partial charge is 0.464 e. The third-order valence-corrected chi connectivity index (χ3v) is 2.18. The van der Waals surface area contributed by atoms with E-state index in [4.69, 9.17) is 5.73 Å². The van der Waals surface area contributed by atoms with Crippen LogP contribution in [0.25, 0.3) is 0 Å². The number of ether oxygens (including phenoxy) is 1. The van der Waals surface area contributed by atoms with E-state index in [0.717, 1.165) is 0 Å². The van der Waals surface area contributed by atoms with Gasteiger partial charge in [0.25, 0.3) is 0 Å². The lowest BCUT2D eigenvalue weighted by atomic mass is 10.2. The molecule has 0 aliphatic rings. The molecular weight excluding hydrogens is 236 g/mol. The minimum atomic E-state index is -0.617. The molecule has 1 aromatic heterocycles. The van der Waals surface area contributed by atoms with Crippen molar-refractivity contribution >= 4 is 17.6 Å². The maximum absolute atomic E-state index is 11.5. The highest BCUT2D eigenvalue weighted by molar-refractivity contribution is 5.92. The van der Waals surface area contributed by atoms with Crippen molar-refractivity contribution in [2.75, 3.05) is 19.4 Å². The number of carbonyl (C=O) groups is 2. The lowest BCUT2D eigenvalue weighted by molar-refractivity contribution is -0.122. The summed E-state index contributed by atoms with van der Waals surface area (Å²) < 4.78 is 5.84. The van der Waals surface area contributed by atoms with Crippen LogP contribution < -0.4 is 11.1 Å². The highest BCUT2D eigenvalue weighted by Gasteiger charge is 2.16. The summed E-state index contributed by atoms with van der Waals surface area (Å²) in [5.41, 5.74) is 5.82. The Balaban J connectivity index is 2.63. The third kappa shape index (κ3) is 3.76. The summed E-state index contributed by atoms with van der Waals surface area (Å²) in [6, 6.07) is 0. The van der Waals surface area contributed by atoms with Crippen molar-refractivity contribution in [1.29, 1.82) is 0 Å². The molecule has 0 atom stereocenters. The minimum Gasteiger partial charge on any atom is -0.464 e. The summed E-state index contributed by atoms with van der Waals surface area (Å²) in [4.78, 5) is 22.8. The zero-order valence-corrected chi connectivity index (χ0v) is 10.8. The van der Waals surface area contributed by atoms with Crippen LogP contribution in [-0.4, -0.2) is 35.3 Å². The van der Waals surface area contributed by atoms with E-state index in [2.05, 4.69) is 15.2 Å². The first kappa shape index (κ1) is 14.0. The zero-order chi connectivity index (χ0) is 13.7. The molecule has 0 radical (unpaired) electrons. The number of carbonyl (C=O) groups excluding carboxylic acids is 2. The van der Waals surface area contributed by atoms with E-state index in [1.807, 2.05) is 13.8 Å². The van der Waals surface area contributed by atoms with Crippen LogP contribution in [0, 0.1) is 5.92 Å². The van der Waals surface area contributed by atoms with E-state index < -0.39 is 5.97 Å². The molecule has 0 saturated carbocycles. The second-order valence-electron chi connectivity index (χ2n) is 4.32. The zero-order valence-electron chi connectivity index (χ0n) is 10.8. The fourth-order valence-corrected chi connectivity index (χ4v) is 1.29. The van der Waals surface area contributed by atoms with Gasteiger partial charge in [-0.15, -0.1) is 0 Å². The van der Waals surface area contributed by atoms with Crippen molar-refractivity contribution in [2.24, 2.45) is 5.92 Å². The molecule has 7 nitrogen and oxygen atoms in total. The van der Waals surface area contributed by atoms with E-state index in [-0.39, 0.29) is 23.8 Å². The van der Waals surface area contributed by atoms with Crippen LogP contribution in [0.15, 0.2) is 6.20 Å². The van der Waals surface area contributed by atoms with Gasteiger partial charge in [-0.25, -0.2) is 4.79 Å². The lowest BCUT2D eigenvalue weighted by Crippen LogP contribution is -2.30. The molecule has 0 spiro atoms. The van der Waals surface area contributed by atoms with Crippen molar-refractivity contribution in [3.8, 4) is 0 Å². The Bertz CT molecular complexity index is 439. The second kappa shape index (κ2) is 6.04. The molecule has 0 saturated heterocycles. The van der Waals surface area contributed by atoms with Gasteiger partial charge >= 0.3 is 5.97 Å². The Morgan fingerprint density at radius 1 is 1.56 bits per heavy atom. The number of nitrogens with two attached hydrogens (primary N) is 1. The van der Waals surface area contributed by atoms with Crippen molar-refractivity contribution in [3.63, 3.8) is 0 Å². The van der Waals surface area contributed by atoms with Gasteiger partial charge in [0.1, 0.15) is 6.54 Å². The van der Waals surface area contributed by atoms with Gasteiger partial charge in [0.2, 0.25) is 5.91 Å². The Morgan fingerprint density at radius 3 is 2.78 bits per heavy atom. The van der Waals surface area contributed by atoms with Gasteiger partial charge in [-0.2, -0.15) is 5.10 Å². The average Bonchev–Trinajstić information content (AvgIpc) is 2.66. The third-order valence-electron chi connectivity index (χ3n) is 2.18. The van der Waals surface area contributed by atoms with E-state index in [9.17, 15) is 9.59 Å². The van der Waals surface area contributed by atoms with Crippen molar-refractivity contribution < 1.29 is 14.3 Å². The predicted octanol–water partition coefficient (Wildman–Crippen LogP) is 0.0241. The van der Waals surface area contributed by atoms with Gasteiger partial charge in [0, 0.05) is 12.7 Å². The molecule has 0 fully saturated rings. The molecule has 7 heteroatoms. The fourth-order valence-electron chi connectivity index (χ4n) is 1.29. The van der Waals surface area contributed by atoms with Gasteiger partial charge in [-0.1, -0.05) is 13.8 Å². The van der Waals surface area contributed by atoms with Crippen LogP contribution in [-0.2, 0) is 16.1 Å². The molecule has 18 heavy (non-hydrogen) atoms. The quantitative estimate of drug-likeness (QED) is 0.722. The summed E-state index contributed by atoms with van der Waals surface area (Å²) in [6.45, 7) is 4.62. The van der Waals surface area contributed by atoms with Crippen LogP contribution in [0.4, 0.5) is 5.69 Å². The summed E-state index contributed by atoms with van der Waals surface area (Å²) in [5.74, 6) is -0.418. The number of nitrogens with zero attached hydrogens (tertiary/aromatic N) is 2. The number of nitrogen functional groups attached to an aromatic ring is 1. The number of rotatable bonds is 5. The Hall–Kier alpha value is -2.05. The highest BCUT2D eigenvalue weighted by atomic mass is 16.5. The van der Waals surface area contributed by atoms with E-state index in [0.29, 0.717) is 12.5 Å². The standard InChI is InChI=1S/C11H18N4O3/c1-7(2)4-13-9(16)6-15-5-8(12)10(14-15)11(17)18-3/h5,7H,4,6,12H2,1-3H3,(H,13,16). The van der Waals surface area contributed by atoms with Crippen molar-refractivity contribution in [3.05, 3.63) is 11.9 Å².